The van der Waals surface area contributed by atoms with Crippen molar-refractivity contribution in [3.05, 3.63) is 84.2 Å². The summed E-state index contributed by atoms with van der Waals surface area (Å²) in [6, 6.07) is 21.6. The molecule has 0 amide bonds. The average molecular weight is 336 g/mol. The first-order chi connectivity index (χ1) is 11.9. The topological polar surface area (TPSA) is 18.5 Å². The van der Waals surface area contributed by atoms with Crippen molar-refractivity contribution in [3.8, 4) is 0 Å². The van der Waals surface area contributed by atoms with Crippen LogP contribution in [0.15, 0.2) is 84.2 Å². The molecule has 122 valence electrons. The molecule has 0 bridgehead atoms. The second-order valence-electron chi connectivity index (χ2n) is 5.97. The van der Waals surface area contributed by atoms with Crippen LogP contribution in [0.3, 0.4) is 0 Å². The zero-order valence-corrected chi connectivity index (χ0v) is 14.4. The van der Waals surface area contributed by atoms with Crippen LogP contribution in [0, 0.1) is 5.92 Å². The van der Waals surface area contributed by atoms with Crippen LogP contribution in [0.4, 0.5) is 0 Å². The van der Waals surface area contributed by atoms with Gasteiger partial charge in [-0.2, -0.15) is 0 Å². The van der Waals surface area contributed by atoms with Gasteiger partial charge in [0.25, 0.3) is 0 Å². The van der Waals surface area contributed by atoms with Crippen molar-refractivity contribution < 1.29 is 9.47 Å². The quantitative estimate of drug-likeness (QED) is 0.787. The molecule has 3 heteroatoms. The third kappa shape index (κ3) is 3.23. The van der Waals surface area contributed by atoms with Gasteiger partial charge in [-0.15, -0.1) is 0 Å². The predicted octanol–water partition coefficient (Wildman–Crippen LogP) is 3.95. The number of rotatable bonds is 4. The van der Waals surface area contributed by atoms with E-state index >= 15 is 0 Å². The van der Waals surface area contributed by atoms with Gasteiger partial charge in [-0.1, -0.05) is 78.9 Å². The van der Waals surface area contributed by atoms with Crippen molar-refractivity contribution in [2.45, 2.75) is 12.7 Å². The summed E-state index contributed by atoms with van der Waals surface area (Å²) in [6.07, 6.45) is 7.48. The van der Waals surface area contributed by atoms with E-state index in [1.165, 1.54) is 15.9 Å². The lowest BCUT2D eigenvalue weighted by Gasteiger charge is -2.32. The fourth-order valence-electron chi connectivity index (χ4n) is 3.25. The molecule has 1 aliphatic heterocycles. The molecular weight excluding hydrogens is 315 g/mol. The lowest BCUT2D eigenvalue weighted by atomic mass is 10.1. The third-order valence-corrected chi connectivity index (χ3v) is 6.95. The van der Waals surface area contributed by atoms with E-state index in [1.807, 2.05) is 0 Å². The maximum atomic E-state index is 5.91. The summed E-state index contributed by atoms with van der Waals surface area (Å²) in [5.41, 5.74) is 0. The van der Waals surface area contributed by atoms with Crippen LogP contribution in [-0.2, 0) is 9.47 Å². The van der Waals surface area contributed by atoms with Crippen LogP contribution in [0.2, 0.25) is 0 Å². The molecule has 24 heavy (non-hydrogen) atoms. The van der Waals surface area contributed by atoms with Gasteiger partial charge in [0.05, 0.1) is 19.1 Å². The lowest BCUT2D eigenvalue weighted by molar-refractivity contribution is -0.189. The maximum Gasteiger partial charge on any atom is 0.167 e. The van der Waals surface area contributed by atoms with Gasteiger partial charge >= 0.3 is 0 Å². The standard InChI is InChI=1S/C21H21O2P/c1-3-9-17(10-4-1)24(18-11-5-2-6-12-18)20-14-7-13-19(20)21-22-15-8-16-23-21/h1-7,9-14,19,21H,8,15-16H2. The van der Waals surface area contributed by atoms with Crippen molar-refractivity contribution in [2.75, 3.05) is 13.2 Å². The monoisotopic (exact) mass is 336 g/mol. The summed E-state index contributed by atoms with van der Waals surface area (Å²) in [5.74, 6) is 0.205. The van der Waals surface area contributed by atoms with E-state index < -0.39 is 7.92 Å². The Kier molecular flexibility index (Phi) is 4.89. The highest BCUT2D eigenvalue weighted by atomic mass is 31.1. The van der Waals surface area contributed by atoms with Crippen LogP contribution in [-0.4, -0.2) is 19.5 Å². The Labute approximate surface area is 144 Å². The fraction of sp³-hybridized carbons (Fsp3) is 0.238. The minimum atomic E-state index is -0.578. The van der Waals surface area contributed by atoms with Crippen LogP contribution < -0.4 is 10.6 Å². The van der Waals surface area contributed by atoms with Gasteiger partial charge in [0.2, 0.25) is 0 Å². The van der Waals surface area contributed by atoms with Crippen molar-refractivity contribution in [3.63, 3.8) is 0 Å². The van der Waals surface area contributed by atoms with E-state index in [0.717, 1.165) is 19.6 Å². The molecule has 1 saturated heterocycles. The largest absolute Gasteiger partial charge is 0.352 e. The SMILES string of the molecule is C1=CC(C2OCCCO2)C(P(c2ccccc2)c2ccccc2)=C1. The predicted molar refractivity (Wildman–Crippen MR) is 100 cm³/mol. The first-order valence-electron chi connectivity index (χ1n) is 8.45. The molecular formula is C21H21O2P. The zero-order chi connectivity index (χ0) is 16.2. The molecule has 1 unspecified atom stereocenters. The molecule has 0 N–H and O–H groups in total. The number of ether oxygens (including phenoxy) is 2. The van der Waals surface area contributed by atoms with E-state index in [2.05, 4.69) is 78.9 Å². The van der Waals surface area contributed by atoms with Gasteiger partial charge in [0.1, 0.15) is 0 Å². The molecule has 2 nitrogen and oxygen atoms in total. The molecule has 1 fully saturated rings. The first-order valence-corrected chi connectivity index (χ1v) is 9.79. The minimum Gasteiger partial charge on any atom is -0.352 e. The molecule has 2 aliphatic rings. The zero-order valence-electron chi connectivity index (χ0n) is 13.5. The first kappa shape index (κ1) is 15.8. The molecule has 2 aromatic carbocycles. The Balaban J connectivity index is 1.71. The molecule has 0 radical (unpaired) electrons. The Morgan fingerprint density at radius 3 is 1.96 bits per heavy atom. The molecule has 0 spiro atoms. The molecule has 1 aliphatic carbocycles. The summed E-state index contributed by atoms with van der Waals surface area (Å²) < 4.78 is 11.8. The molecule has 0 saturated carbocycles. The highest BCUT2D eigenvalue weighted by molar-refractivity contribution is 7.76. The number of benzene rings is 2. The Morgan fingerprint density at radius 2 is 1.38 bits per heavy atom. The normalized spacial score (nSPS) is 21.2. The molecule has 4 rings (SSSR count). The highest BCUT2D eigenvalue weighted by Gasteiger charge is 2.33. The summed E-state index contributed by atoms with van der Waals surface area (Å²) in [7, 11) is -0.578. The summed E-state index contributed by atoms with van der Waals surface area (Å²) in [4.78, 5) is 0. The second-order valence-corrected chi connectivity index (χ2v) is 8.19. The van der Waals surface area contributed by atoms with Crippen molar-refractivity contribution in [2.24, 2.45) is 5.92 Å². The smallest absolute Gasteiger partial charge is 0.167 e. The Hall–Kier alpha value is -1.73. The van der Waals surface area contributed by atoms with E-state index in [-0.39, 0.29) is 12.2 Å². The van der Waals surface area contributed by atoms with Crippen LogP contribution >= 0.6 is 7.92 Å². The van der Waals surface area contributed by atoms with Crippen LogP contribution in [0.1, 0.15) is 6.42 Å². The van der Waals surface area contributed by atoms with Crippen LogP contribution in [0.5, 0.6) is 0 Å². The van der Waals surface area contributed by atoms with Crippen molar-refractivity contribution >= 4 is 18.5 Å². The summed E-state index contributed by atoms with van der Waals surface area (Å²) >= 11 is 0. The van der Waals surface area contributed by atoms with E-state index in [1.54, 1.807) is 0 Å². The number of hydrogen-bond donors (Lipinski definition) is 0. The van der Waals surface area contributed by atoms with Gasteiger partial charge in [-0.3, -0.25) is 0 Å². The minimum absolute atomic E-state index is 0.152. The van der Waals surface area contributed by atoms with Crippen molar-refractivity contribution in [1.82, 2.24) is 0 Å². The van der Waals surface area contributed by atoms with E-state index in [4.69, 9.17) is 9.47 Å². The lowest BCUT2D eigenvalue weighted by Crippen LogP contribution is -2.32. The van der Waals surface area contributed by atoms with Gasteiger partial charge in [0.15, 0.2) is 6.29 Å². The van der Waals surface area contributed by atoms with Gasteiger partial charge in [-0.05, 0) is 30.3 Å². The number of hydrogen-bond acceptors (Lipinski definition) is 2. The molecule has 1 atom stereocenters. The average Bonchev–Trinajstić information content (AvgIpc) is 3.14. The number of allylic oxidation sites excluding steroid dienone is 2. The second kappa shape index (κ2) is 7.44. The Bertz CT molecular complexity index is 679. The van der Waals surface area contributed by atoms with E-state index in [0.29, 0.717) is 0 Å². The van der Waals surface area contributed by atoms with Gasteiger partial charge in [0, 0.05) is 0 Å². The summed E-state index contributed by atoms with van der Waals surface area (Å²) in [6.45, 7) is 1.58. The van der Waals surface area contributed by atoms with Crippen molar-refractivity contribution in [1.29, 1.82) is 0 Å². The fourth-order valence-corrected chi connectivity index (χ4v) is 5.83. The van der Waals surface area contributed by atoms with E-state index in [9.17, 15) is 0 Å². The molecule has 0 aromatic heterocycles. The molecule has 1 heterocycles. The van der Waals surface area contributed by atoms with Gasteiger partial charge < -0.3 is 9.47 Å². The Morgan fingerprint density at radius 1 is 0.792 bits per heavy atom. The highest BCUT2D eigenvalue weighted by Crippen LogP contribution is 2.50. The van der Waals surface area contributed by atoms with Gasteiger partial charge in [-0.25, -0.2) is 0 Å². The molecule has 2 aromatic rings. The maximum absolute atomic E-state index is 5.91. The van der Waals surface area contributed by atoms with Crippen LogP contribution in [0.25, 0.3) is 0 Å². The summed E-state index contributed by atoms with van der Waals surface area (Å²) in [5, 5.41) is 4.15. The third-order valence-electron chi connectivity index (χ3n) is 4.36.